The summed E-state index contributed by atoms with van der Waals surface area (Å²) < 4.78 is 41.4. The zero-order chi connectivity index (χ0) is 12.2. The number of nitrogens with zero attached hydrogens (tertiary/aromatic N) is 3. The van der Waals surface area contributed by atoms with Crippen molar-refractivity contribution in [3.63, 3.8) is 0 Å². The summed E-state index contributed by atoms with van der Waals surface area (Å²) in [7, 11) is 1.33. The Bertz CT molecular complexity index is 578. The molecule has 1 aliphatic rings. The highest BCUT2D eigenvalue weighted by molar-refractivity contribution is 5.81. The standard InChI is InChI=1S/C10H11F3N4/c1-16-8(10(11,12)13)7-4-6-5-14-2-3-17(6)9(7)15-16/h4,14H,2-3,5H2,1H3. The fraction of sp³-hybridized carbons (Fsp3) is 0.500. The lowest BCUT2D eigenvalue weighted by atomic mass is 10.2. The van der Waals surface area contributed by atoms with Crippen LogP contribution in [0.25, 0.3) is 11.0 Å². The van der Waals surface area contributed by atoms with E-state index in [4.69, 9.17) is 0 Å². The van der Waals surface area contributed by atoms with E-state index < -0.39 is 11.9 Å². The summed E-state index contributed by atoms with van der Waals surface area (Å²) in [4.78, 5) is 0. The zero-order valence-corrected chi connectivity index (χ0v) is 9.17. The van der Waals surface area contributed by atoms with Gasteiger partial charge in [-0.3, -0.25) is 4.68 Å². The summed E-state index contributed by atoms with van der Waals surface area (Å²) in [6.07, 6.45) is -4.37. The highest BCUT2D eigenvalue weighted by atomic mass is 19.4. The molecule has 3 rings (SSSR count). The van der Waals surface area contributed by atoms with Crippen LogP contribution in [-0.2, 0) is 26.3 Å². The van der Waals surface area contributed by atoms with Gasteiger partial charge in [0.15, 0.2) is 11.3 Å². The van der Waals surface area contributed by atoms with Crippen molar-refractivity contribution in [1.82, 2.24) is 19.7 Å². The number of aromatic nitrogens is 3. The van der Waals surface area contributed by atoms with Gasteiger partial charge in [0.1, 0.15) is 0 Å². The Morgan fingerprint density at radius 3 is 2.88 bits per heavy atom. The summed E-state index contributed by atoms with van der Waals surface area (Å²) in [5.41, 5.74) is 0.616. The van der Waals surface area contributed by atoms with Crippen molar-refractivity contribution in [3.8, 4) is 0 Å². The van der Waals surface area contributed by atoms with Crippen molar-refractivity contribution in [2.24, 2.45) is 7.05 Å². The Hall–Kier alpha value is -1.50. The van der Waals surface area contributed by atoms with Gasteiger partial charge in [-0.05, 0) is 6.07 Å². The molecular formula is C10H11F3N4. The minimum absolute atomic E-state index is 0.193. The van der Waals surface area contributed by atoms with Gasteiger partial charge in [0.25, 0.3) is 0 Å². The maximum absolute atomic E-state index is 12.9. The van der Waals surface area contributed by atoms with Gasteiger partial charge in [0, 0.05) is 32.4 Å². The first kappa shape index (κ1) is 10.6. The topological polar surface area (TPSA) is 34.8 Å². The fourth-order valence-electron chi connectivity index (χ4n) is 2.38. The van der Waals surface area contributed by atoms with Crippen molar-refractivity contribution < 1.29 is 13.2 Å². The van der Waals surface area contributed by atoms with Crippen molar-refractivity contribution in [1.29, 1.82) is 0 Å². The minimum atomic E-state index is -4.37. The van der Waals surface area contributed by atoms with Gasteiger partial charge in [-0.2, -0.15) is 18.3 Å². The van der Waals surface area contributed by atoms with Gasteiger partial charge < -0.3 is 9.88 Å². The number of alkyl halides is 3. The summed E-state index contributed by atoms with van der Waals surface area (Å²) >= 11 is 0. The molecule has 1 aliphatic heterocycles. The molecule has 7 heteroatoms. The van der Waals surface area contributed by atoms with E-state index in [9.17, 15) is 13.2 Å². The van der Waals surface area contributed by atoms with Crippen molar-refractivity contribution in [2.75, 3.05) is 6.54 Å². The number of nitrogens with one attached hydrogen (secondary N) is 1. The molecule has 4 nitrogen and oxygen atoms in total. The normalized spacial score (nSPS) is 16.5. The zero-order valence-electron chi connectivity index (χ0n) is 9.17. The van der Waals surface area contributed by atoms with Crippen LogP contribution in [0.3, 0.4) is 0 Å². The number of aryl methyl sites for hydroxylation is 1. The van der Waals surface area contributed by atoms with Crippen LogP contribution in [0.5, 0.6) is 0 Å². The predicted octanol–water partition coefficient (Wildman–Crippen LogP) is 1.50. The highest BCUT2D eigenvalue weighted by Crippen LogP contribution is 2.36. The molecule has 0 fully saturated rings. The van der Waals surface area contributed by atoms with Crippen molar-refractivity contribution >= 4 is 11.0 Å². The lowest BCUT2D eigenvalue weighted by molar-refractivity contribution is -0.142. The quantitative estimate of drug-likeness (QED) is 0.762. The second-order valence-electron chi connectivity index (χ2n) is 4.17. The molecule has 0 amide bonds. The molecule has 0 aliphatic carbocycles. The molecule has 0 saturated carbocycles. The molecule has 0 aromatic carbocycles. The average molecular weight is 244 g/mol. The summed E-state index contributed by atoms with van der Waals surface area (Å²) in [6.45, 7) is 2.01. The molecule has 17 heavy (non-hydrogen) atoms. The Kier molecular flexibility index (Phi) is 2.04. The molecule has 1 N–H and O–H groups in total. The molecule has 2 aromatic rings. The maximum Gasteiger partial charge on any atom is 0.433 e. The molecular weight excluding hydrogens is 233 g/mol. The molecule has 0 atom stereocenters. The largest absolute Gasteiger partial charge is 0.433 e. The summed E-state index contributed by atoms with van der Waals surface area (Å²) in [6, 6.07) is 1.58. The lowest BCUT2D eigenvalue weighted by Crippen LogP contribution is -2.27. The number of halogens is 3. The number of hydrogen-bond acceptors (Lipinski definition) is 2. The van der Waals surface area contributed by atoms with E-state index in [-0.39, 0.29) is 5.39 Å². The fourth-order valence-corrected chi connectivity index (χ4v) is 2.38. The van der Waals surface area contributed by atoms with Crippen LogP contribution in [0.15, 0.2) is 6.07 Å². The van der Waals surface area contributed by atoms with Gasteiger partial charge >= 0.3 is 6.18 Å². The Labute approximate surface area is 95.0 Å². The Morgan fingerprint density at radius 2 is 2.18 bits per heavy atom. The molecule has 2 aromatic heterocycles. The minimum Gasteiger partial charge on any atom is -0.326 e. The first-order valence-electron chi connectivity index (χ1n) is 5.31. The third-order valence-corrected chi connectivity index (χ3v) is 3.06. The van der Waals surface area contributed by atoms with E-state index in [1.807, 2.05) is 4.57 Å². The van der Waals surface area contributed by atoms with E-state index >= 15 is 0 Å². The molecule has 3 heterocycles. The van der Waals surface area contributed by atoms with Crippen LogP contribution < -0.4 is 5.32 Å². The lowest BCUT2D eigenvalue weighted by Gasteiger charge is -2.16. The number of hydrogen-bond donors (Lipinski definition) is 1. The SMILES string of the molecule is Cn1nc2c(cc3n2CCNC3)c1C(F)(F)F. The van der Waals surface area contributed by atoms with Gasteiger partial charge in [-0.15, -0.1) is 0 Å². The van der Waals surface area contributed by atoms with Crippen LogP contribution in [0, 0.1) is 0 Å². The Morgan fingerprint density at radius 1 is 1.41 bits per heavy atom. The van der Waals surface area contributed by atoms with E-state index in [1.165, 1.54) is 7.05 Å². The van der Waals surface area contributed by atoms with Crippen molar-refractivity contribution in [3.05, 3.63) is 17.5 Å². The molecule has 0 unspecified atom stereocenters. The number of rotatable bonds is 0. The van der Waals surface area contributed by atoms with Crippen LogP contribution in [0.1, 0.15) is 11.4 Å². The molecule has 0 radical (unpaired) electrons. The molecule has 0 bridgehead atoms. The third kappa shape index (κ3) is 1.45. The smallest absolute Gasteiger partial charge is 0.326 e. The maximum atomic E-state index is 12.9. The van der Waals surface area contributed by atoms with E-state index in [0.29, 0.717) is 18.7 Å². The van der Waals surface area contributed by atoms with Crippen molar-refractivity contribution in [2.45, 2.75) is 19.3 Å². The Balaban J connectivity index is 2.30. The second kappa shape index (κ2) is 3.25. The molecule has 0 spiro atoms. The van der Waals surface area contributed by atoms with Gasteiger partial charge in [-0.1, -0.05) is 0 Å². The van der Waals surface area contributed by atoms with E-state index in [2.05, 4.69) is 10.4 Å². The van der Waals surface area contributed by atoms with Crippen LogP contribution in [0.4, 0.5) is 13.2 Å². The van der Waals surface area contributed by atoms with Gasteiger partial charge in [0.05, 0.1) is 5.39 Å². The van der Waals surface area contributed by atoms with E-state index in [1.54, 1.807) is 6.07 Å². The average Bonchev–Trinajstić information content (AvgIpc) is 2.70. The third-order valence-electron chi connectivity index (χ3n) is 3.06. The molecule has 92 valence electrons. The summed E-state index contributed by atoms with van der Waals surface area (Å²) in [5.74, 6) is 0. The molecule has 0 saturated heterocycles. The van der Waals surface area contributed by atoms with E-state index in [0.717, 1.165) is 16.9 Å². The first-order chi connectivity index (χ1) is 7.98. The second-order valence-corrected chi connectivity index (χ2v) is 4.17. The predicted molar refractivity (Wildman–Crippen MR) is 55.4 cm³/mol. The first-order valence-corrected chi connectivity index (χ1v) is 5.31. The summed E-state index contributed by atoms with van der Waals surface area (Å²) in [5, 5.41) is 7.31. The van der Waals surface area contributed by atoms with Crippen LogP contribution >= 0.6 is 0 Å². The highest BCUT2D eigenvalue weighted by Gasteiger charge is 2.38. The van der Waals surface area contributed by atoms with Gasteiger partial charge in [-0.25, -0.2) is 0 Å². The number of fused-ring (bicyclic) bond motifs is 3. The monoisotopic (exact) mass is 244 g/mol. The van der Waals surface area contributed by atoms with Crippen LogP contribution in [0.2, 0.25) is 0 Å². The van der Waals surface area contributed by atoms with Gasteiger partial charge in [0.2, 0.25) is 0 Å². The van der Waals surface area contributed by atoms with Crippen LogP contribution in [-0.4, -0.2) is 20.9 Å².